The first-order chi connectivity index (χ1) is 10.1. The van der Waals surface area contributed by atoms with Crippen molar-refractivity contribution >= 4 is 11.9 Å². The Bertz CT molecular complexity index is 356. The summed E-state index contributed by atoms with van der Waals surface area (Å²) in [5.74, 6) is -1.90. The molecule has 2 fully saturated rings. The molecule has 1 spiro atoms. The van der Waals surface area contributed by atoms with Crippen LogP contribution in [0.15, 0.2) is 0 Å². The highest BCUT2D eigenvalue weighted by Gasteiger charge is 2.56. The van der Waals surface area contributed by atoms with Crippen molar-refractivity contribution in [2.75, 3.05) is 26.4 Å². The number of rotatable bonds is 4. The Morgan fingerprint density at radius 3 is 1.81 bits per heavy atom. The average molecular weight is 300 g/mol. The van der Waals surface area contributed by atoms with Crippen molar-refractivity contribution in [2.45, 2.75) is 51.7 Å². The highest BCUT2D eigenvalue weighted by atomic mass is 16.7. The average Bonchev–Trinajstić information content (AvgIpc) is 2.49. The molecule has 1 aliphatic heterocycles. The molecule has 0 atom stereocenters. The molecule has 0 bridgehead atoms. The highest BCUT2D eigenvalue weighted by molar-refractivity contribution is 6.00. The van der Waals surface area contributed by atoms with Crippen LogP contribution in [0.25, 0.3) is 0 Å². The Morgan fingerprint density at radius 1 is 0.905 bits per heavy atom. The van der Waals surface area contributed by atoms with Crippen LogP contribution in [0.5, 0.6) is 0 Å². The van der Waals surface area contributed by atoms with Crippen LogP contribution >= 0.6 is 0 Å². The molecule has 120 valence electrons. The van der Waals surface area contributed by atoms with Gasteiger partial charge >= 0.3 is 11.9 Å². The number of esters is 2. The van der Waals surface area contributed by atoms with Crippen LogP contribution in [-0.2, 0) is 28.5 Å². The summed E-state index contributed by atoms with van der Waals surface area (Å²) in [5.41, 5.74) is -1.49. The summed E-state index contributed by atoms with van der Waals surface area (Å²) in [6, 6.07) is 0. The van der Waals surface area contributed by atoms with Crippen LogP contribution in [0.1, 0.15) is 46.0 Å². The van der Waals surface area contributed by atoms with E-state index in [0.717, 1.165) is 32.1 Å². The molecule has 6 nitrogen and oxygen atoms in total. The van der Waals surface area contributed by atoms with Gasteiger partial charge in [-0.1, -0.05) is 6.42 Å². The quantitative estimate of drug-likeness (QED) is 0.582. The molecule has 1 heterocycles. The third-order valence-corrected chi connectivity index (χ3v) is 4.11. The predicted octanol–water partition coefficient (Wildman–Crippen LogP) is 1.81. The van der Waals surface area contributed by atoms with Gasteiger partial charge in [-0.2, -0.15) is 0 Å². The molecule has 0 aromatic rings. The van der Waals surface area contributed by atoms with Crippen LogP contribution in [0.3, 0.4) is 0 Å². The molecule has 0 radical (unpaired) electrons. The molecular weight excluding hydrogens is 276 g/mol. The summed E-state index contributed by atoms with van der Waals surface area (Å²) in [5, 5.41) is 0. The molecule has 0 amide bonds. The number of carbonyl (C=O) groups is 2. The summed E-state index contributed by atoms with van der Waals surface area (Å²) in [4.78, 5) is 24.4. The SMILES string of the molecule is CCOC(=O)C1(C(=O)OCC)COC2(CCCCC2)OC1. The van der Waals surface area contributed by atoms with Gasteiger partial charge in [0.05, 0.1) is 26.4 Å². The normalized spacial score (nSPS) is 23.5. The van der Waals surface area contributed by atoms with E-state index in [1.165, 1.54) is 0 Å². The van der Waals surface area contributed by atoms with E-state index in [2.05, 4.69) is 0 Å². The zero-order valence-corrected chi connectivity index (χ0v) is 12.8. The summed E-state index contributed by atoms with van der Waals surface area (Å²) in [7, 11) is 0. The van der Waals surface area contributed by atoms with Crippen molar-refractivity contribution in [1.82, 2.24) is 0 Å². The van der Waals surface area contributed by atoms with E-state index in [1.54, 1.807) is 13.8 Å². The Morgan fingerprint density at radius 2 is 1.38 bits per heavy atom. The fourth-order valence-corrected chi connectivity index (χ4v) is 2.83. The predicted molar refractivity (Wildman–Crippen MR) is 73.4 cm³/mol. The van der Waals surface area contributed by atoms with Crippen molar-refractivity contribution < 1.29 is 28.5 Å². The van der Waals surface area contributed by atoms with Gasteiger partial charge in [-0.3, -0.25) is 9.59 Å². The molecule has 1 aliphatic carbocycles. The van der Waals surface area contributed by atoms with Crippen LogP contribution < -0.4 is 0 Å². The van der Waals surface area contributed by atoms with E-state index >= 15 is 0 Å². The van der Waals surface area contributed by atoms with Gasteiger partial charge in [0, 0.05) is 12.8 Å². The molecule has 0 aromatic heterocycles. The van der Waals surface area contributed by atoms with Gasteiger partial charge in [-0.15, -0.1) is 0 Å². The van der Waals surface area contributed by atoms with Crippen LogP contribution in [-0.4, -0.2) is 44.2 Å². The second kappa shape index (κ2) is 6.75. The van der Waals surface area contributed by atoms with E-state index in [-0.39, 0.29) is 26.4 Å². The number of carbonyl (C=O) groups excluding carboxylic acids is 2. The van der Waals surface area contributed by atoms with Crippen LogP contribution in [0.4, 0.5) is 0 Å². The fourth-order valence-electron chi connectivity index (χ4n) is 2.83. The maximum atomic E-state index is 12.2. The van der Waals surface area contributed by atoms with Gasteiger partial charge < -0.3 is 18.9 Å². The lowest BCUT2D eigenvalue weighted by Crippen LogP contribution is -2.58. The maximum Gasteiger partial charge on any atom is 0.328 e. The second-order valence-corrected chi connectivity index (χ2v) is 5.57. The van der Waals surface area contributed by atoms with Crippen molar-refractivity contribution in [2.24, 2.45) is 5.41 Å². The number of ether oxygens (including phenoxy) is 4. The Hall–Kier alpha value is -1.14. The van der Waals surface area contributed by atoms with Crippen LogP contribution in [0, 0.1) is 5.41 Å². The molecule has 21 heavy (non-hydrogen) atoms. The van der Waals surface area contributed by atoms with Crippen molar-refractivity contribution in [1.29, 1.82) is 0 Å². The van der Waals surface area contributed by atoms with Crippen LogP contribution in [0.2, 0.25) is 0 Å². The third kappa shape index (κ3) is 3.21. The highest BCUT2D eigenvalue weighted by Crippen LogP contribution is 2.40. The first-order valence-corrected chi connectivity index (χ1v) is 7.71. The monoisotopic (exact) mass is 300 g/mol. The molecule has 1 saturated heterocycles. The largest absolute Gasteiger partial charge is 0.465 e. The molecule has 2 aliphatic rings. The minimum atomic E-state index is -1.49. The first kappa shape index (κ1) is 16.2. The Labute approximate surface area is 125 Å². The van der Waals surface area contributed by atoms with Gasteiger partial charge in [0.25, 0.3) is 0 Å². The lowest BCUT2D eigenvalue weighted by molar-refractivity contribution is -0.310. The lowest BCUT2D eigenvalue weighted by atomic mass is 9.86. The second-order valence-electron chi connectivity index (χ2n) is 5.57. The molecule has 2 rings (SSSR count). The fraction of sp³-hybridized carbons (Fsp3) is 0.867. The zero-order chi connectivity index (χ0) is 15.3. The number of hydrogen-bond acceptors (Lipinski definition) is 6. The van der Waals surface area contributed by atoms with Gasteiger partial charge in [-0.25, -0.2) is 0 Å². The number of hydrogen-bond donors (Lipinski definition) is 0. The van der Waals surface area contributed by atoms with Crippen molar-refractivity contribution in [3.63, 3.8) is 0 Å². The standard InChI is InChI=1S/C15H24O6/c1-3-18-12(16)14(13(17)19-4-2)10-20-15(21-11-14)8-6-5-7-9-15/h3-11H2,1-2H3. The summed E-state index contributed by atoms with van der Waals surface area (Å²) < 4.78 is 21.7. The van der Waals surface area contributed by atoms with Crippen molar-refractivity contribution in [3.05, 3.63) is 0 Å². The first-order valence-electron chi connectivity index (χ1n) is 7.71. The van der Waals surface area contributed by atoms with Gasteiger partial charge in [-0.05, 0) is 26.7 Å². The van der Waals surface area contributed by atoms with Gasteiger partial charge in [0.1, 0.15) is 0 Å². The smallest absolute Gasteiger partial charge is 0.328 e. The van der Waals surface area contributed by atoms with Crippen molar-refractivity contribution in [3.8, 4) is 0 Å². The van der Waals surface area contributed by atoms with E-state index in [0.29, 0.717) is 0 Å². The summed E-state index contributed by atoms with van der Waals surface area (Å²) in [6.45, 7) is 3.72. The minimum absolute atomic E-state index is 0.0370. The molecule has 1 saturated carbocycles. The zero-order valence-electron chi connectivity index (χ0n) is 12.8. The van der Waals surface area contributed by atoms with E-state index in [1.807, 2.05) is 0 Å². The lowest BCUT2D eigenvalue weighted by Gasteiger charge is -2.45. The van der Waals surface area contributed by atoms with E-state index in [4.69, 9.17) is 18.9 Å². The molecular formula is C15H24O6. The van der Waals surface area contributed by atoms with Gasteiger partial charge in [0.15, 0.2) is 5.79 Å². The van der Waals surface area contributed by atoms with Gasteiger partial charge in [0.2, 0.25) is 5.41 Å². The summed E-state index contributed by atoms with van der Waals surface area (Å²) in [6.07, 6.45) is 4.83. The maximum absolute atomic E-state index is 12.2. The molecule has 0 N–H and O–H groups in total. The molecule has 0 aromatic carbocycles. The van der Waals surface area contributed by atoms with E-state index in [9.17, 15) is 9.59 Å². The minimum Gasteiger partial charge on any atom is -0.465 e. The topological polar surface area (TPSA) is 71.1 Å². The summed E-state index contributed by atoms with van der Waals surface area (Å²) >= 11 is 0. The molecule has 6 heteroatoms. The third-order valence-electron chi connectivity index (χ3n) is 4.11. The van der Waals surface area contributed by atoms with E-state index < -0.39 is 23.1 Å². The Kier molecular flexibility index (Phi) is 5.22. The molecule has 0 unspecified atom stereocenters. The Balaban J connectivity index is 2.12.